The molecule has 3 aromatic rings. The van der Waals surface area contributed by atoms with Gasteiger partial charge >= 0.3 is 0 Å². The minimum atomic E-state index is -0.693. The maximum Gasteiger partial charge on any atom is 0.270 e. The molecule has 2 aromatic carbocycles. The second kappa shape index (κ2) is 7.72. The van der Waals surface area contributed by atoms with E-state index in [9.17, 15) is 20.5 Å². The van der Waals surface area contributed by atoms with Crippen LogP contribution < -0.4 is 15.2 Å². The van der Waals surface area contributed by atoms with Gasteiger partial charge < -0.3 is 20.3 Å². The number of phenolic OH excluding ortho intramolecular Hbond substituents is 1. The number of fused-ring (bicyclic) bond motifs is 1. The maximum absolute atomic E-state index is 11.2. The molecule has 1 unspecified atom stereocenters. The SMILES string of the molecule is CCOc1cc(C2C(C#N)=C(N)Oc3n[nH]c(-c4cccc([N+](=O)[O-])c4)c32)ccc1O. The number of phenols is 1. The number of aromatic hydroxyl groups is 1. The first kappa shape index (κ1) is 19.8. The number of aromatic nitrogens is 2. The molecule has 0 amide bonds. The quantitative estimate of drug-likeness (QED) is 0.419. The van der Waals surface area contributed by atoms with Gasteiger partial charge in [-0.2, -0.15) is 5.26 Å². The van der Waals surface area contributed by atoms with Gasteiger partial charge in [-0.05, 0) is 24.6 Å². The largest absolute Gasteiger partial charge is 0.504 e. The van der Waals surface area contributed by atoms with E-state index in [2.05, 4.69) is 16.3 Å². The lowest BCUT2D eigenvalue weighted by molar-refractivity contribution is -0.384. The molecule has 0 aliphatic carbocycles. The molecule has 0 saturated carbocycles. The molecular weight excluding hydrogens is 402 g/mol. The first-order chi connectivity index (χ1) is 14.9. The average Bonchev–Trinajstić information content (AvgIpc) is 3.18. The normalized spacial score (nSPS) is 15.0. The lowest BCUT2D eigenvalue weighted by Crippen LogP contribution is -2.21. The van der Waals surface area contributed by atoms with E-state index in [4.69, 9.17) is 15.2 Å². The van der Waals surface area contributed by atoms with Crippen molar-refractivity contribution < 1.29 is 19.5 Å². The van der Waals surface area contributed by atoms with Crippen LogP contribution in [0.2, 0.25) is 0 Å². The standard InChI is InChI=1S/C21H17N5O5/c1-2-30-16-9-11(6-7-15(16)27)17-14(10-22)20(23)31-21-18(17)19(24-25-21)12-4-3-5-13(8-12)26(28)29/h3-9,17,27H,2,23H2,1H3,(H,24,25). The summed E-state index contributed by atoms with van der Waals surface area (Å²) in [4.78, 5) is 10.7. The van der Waals surface area contributed by atoms with Crippen molar-refractivity contribution in [3.63, 3.8) is 0 Å². The van der Waals surface area contributed by atoms with Crippen LogP contribution in [0.4, 0.5) is 5.69 Å². The molecule has 1 aliphatic rings. The van der Waals surface area contributed by atoms with Crippen molar-refractivity contribution in [2.75, 3.05) is 6.61 Å². The molecule has 1 aromatic heterocycles. The smallest absolute Gasteiger partial charge is 0.270 e. The summed E-state index contributed by atoms with van der Waals surface area (Å²) < 4.78 is 11.0. The van der Waals surface area contributed by atoms with Gasteiger partial charge in [0.05, 0.1) is 28.7 Å². The lowest BCUT2D eigenvalue weighted by atomic mass is 9.83. The van der Waals surface area contributed by atoms with Gasteiger partial charge in [0.15, 0.2) is 11.5 Å². The van der Waals surface area contributed by atoms with Crippen molar-refractivity contribution >= 4 is 5.69 Å². The number of ether oxygens (including phenoxy) is 2. The predicted octanol–water partition coefficient (Wildman–Crippen LogP) is 3.31. The molecule has 0 fully saturated rings. The minimum absolute atomic E-state index is 0.0422. The van der Waals surface area contributed by atoms with Gasteiger partial charge in [-0.25, -0.2) is 0 Å². The van der Waals surface area contributed by atoms with E-state index in [-0.39, 0.29) is 34.5 Å². The molecule has 4 rings (SSSR count). The van der Waals surface area contributed by atoms with Gasteiger partial charge in [0, 0.05) is 17.7 Å². The van der Waals surface area contributed by atoms with Gasteiger partial charge in [0.1, 0.15) is 11.6 Å². The summed E-state index contributed by atoms with van der Waals surface area (Å²) in [6, 6.07) is 12.8. The number of nitro groups is 1. The average molecular weight is 419 g/mol. The Kier molecular flexibility index (Phi) is 4.92. The number of nitriles is 1. The zero-order valence-corrected chi connectivity index (χ0v) is 16.3. The number of benzene rings is 2. The summed E-state index contributed by atoms with van der Waals surface area (Å²) >= 11 is 0. The molecule has 10 heteroatoms. The monoisotopic (exact) mass is 419 g/mol. The van der Waals surface area contributed by atoms with Crippen LogP contribution in [0.3, 0.4) is 0 Å². The molecule has 2 heterocycles. The number of aromatic amines is 1. The number of hydrogen-bond acceptors (Lipinski definition) is 8. The fraction of sp³-hybridized carbons (Fsp3) is 0.143. The molecule has 156 valence electrons. The van der Waals surface area contributed by atoms with E-state index >= 15 is 0 Å². The summed E-state index contributed by atoms with van der Waals surface area (Å²) in [6.07, 6.45) is 0. The van der Waals surface area contributed by atoms with Gasteiger partial charge in [0.25, 0.3) is 5.69 Å². The fourth-order valence-electron chi connectivity index (χ4n) is 3.55. The lowest BCUT2D eigenvalue weighted by Gasteiger charge is -2.24. The third kappa shape index (κ3) is 3.38. The van der Waals surface area contributed by atoms with Crippen LogP contribution in [0.5, 0.6) is 17.4 Å². The van der Waals surface area contributed by atoms with E-state index in [0.717, 1.165) is 0 Å². The highest BCUT2D eigenvalue weighted by molar-refractivity contribution is 5.72. The number of nitro benzene ring substituents is 1. The molecule has 1 aliphatic heterocycles. The van der Waals surface area contributed by atoms with Crippen LogP contribution in [0.15, 0.2) is 53.9 Å². The van der Waals surface area contributed by atoms with E-state index in [1.54, 1.807) is 31.2 Å². The van der Waals surface area contributed by atoms with Crippen molar-refractivity contribution in [2.24, 2.45) is 5.73 Å². The van der Waals surface area contributed by atoms with Gasteiger partial charge in [-0.1, -0.05) is 18.2 Å². The van der Waals surface area contributed by atoms with E-state index in [0.29, 0.717) is 29.0 Å². The Hall–Kier alpha value is -4.52. The highest BCUT2D eigenvalue weighted by atomic mass is 16.6. The van der Waals surface area contributed by atoms with Crippen LogP contribution in [-0.2, 0) is 0 Å². The number of non-ortho nitro benzene ring substituents is 1. The molecule has 0 radical (unpaired) electrons. The summed E-state index contributed by atoms with van der Waals surface area (Å²) in [6.45, 7) is 2.12. The highest BCUT2D eigenvalue weighted by Crippen LogP contribution is 2.47. The zero-order chi connectivity index (χ0) is 22.1. The van der Waals surface area contributed by atoms with Crippen molar-refractivity contribution in [3.8, 4) is 34.7 Å². The number of hydrogen-bond donors (Lipinski definition) is 3. The van der Waals surface area contributed by atoms with Gasteiger partial charge in [0.2, 0.25) is 11.8 Å². The molecule has 0 saturated heterocycles. The van der Waals surface area contributed by atoms with Crippen LogP contribution in [0.25, 0.3) is 11.3 Å². The minimum Gasteiger partial charge on any atom is -0.504 e. The highest BCUT2D eigenvalue weighted by Gasteiger charge is 2.36. The second-order valence-corrected chi connectivity index (χ2v) is 6.71. The van der Waals surface area contributed by atoms with E-state index < -0.39 is 10.8 Å². The Morgan fingerprint density at radius 2 is 2.19 bits per heavy atom. The van der Waals surface area contributed by atoms with Crippen molar-refractivity contribution in [1.29, 1.82) is 5.26 Å². The molecule has 31 heavy (non-hydrogen) atoms. The van der Waals surface area contributed by atoms with Crippen molar-refractivity contribution in [3.05, 3.63) is 75.2 Å². The number of H-pyrrole nitrogens is 1. The number of nitrogens with one attached hydrogen (secondary N) is 1. The number of nitrogens with zero attached hydrogens (tertiary/aromatic N) is 3. The third-order valence-electron chi connectivity index (χ3n) is 4.90. The predicted molar refractivity (Wildman–Crippen MR) is 109 cm³/mol. The first-order valence-corrected chi connectivity index (χ1v) is 9.31. The molecule has 0 spiro atoms. The number of rotatable bonds is 5. The fourth-order valence-corrected chi connectivity index (χ4v) is 3.55. The van der Waals surface area contributed by atoms with Crippen LogP contribution in [0, 0.1) is 21.4 Å². The zero-order valence-electron chi connectivity index (χ0n) is 16.3. The first-order valence-electron chi connectivity index (χ1n) is 9.31. The summed E-state index contributed by atoms with van der Waals surface area (Å²) in [5, 5.41) is 38.1. The molecular formula is C21H17N5O5. The van der Waals surface area contributed by atoms with Crippen molar-refractivity contribution in [2.45, 2.75) is 12.8 Å². The van der Waals surface area contributed by atoms with Gasteiger partial charge in [-0.15, -0.1) is 5.10 Å². The Morgan fingerprint density at radius 1 is 1.39 bits per heavy atom. The molecule has 10 nitrogen and oxygen atoms in total. The van der Waals surface area contributed by atoms with Crippen molar-refractivity contribution in [1.82, 2.24) is 10.2 Å². The Morgan fingerprint density at radius 3 is 2.90 bits per heavy atom. The molecule has 1 atom stereocenters. The molecule has 0 bridgehead atoms. The third-order valence-corrected chi connectivity index (χ3v) is 4.90. The molecule has 4 N–H and O–H groups in total. The van der Waals surface area contributed by atoms with E-state index in [1.165, 1.54) is 18.2 Å². The number of nitrogens with two attached hydrogens (primary N) is 1. The Balaban J connectivity index is 1.93. The Labute approximate surface area is 176 Å². The second-order valence-electron chi connectivity index (χ2n) is 6.71. The Bertz CT molecular complexity index is 1260. The van der Waals surface area contributed by atoms with Crippen LogP contribution >= 0.6 is 0 Å². The maximum atomic E-state index is 11.2. The van der Waals surface area contributed by atoms with E-state index in [1.807, 2.05) is 0 Å². The topological polar surface area (TPSA) is 160 Å². The van der Waals surface area contributed by atoms with Crippen LogP contribution in [0.1, 0.15) is 24.0 Å². The van der Waals surface area contributed by atoms with Gasteiger partial charge in [-0.3, -0.25) is 15.2 Å². The number of allylic oxidation sites excluding steroid dienone is 1. The van der Waals surface area contributed by atoms with Crippen LogP contribution in [-0.4, -0.2) is 26.8 Å². The summed E-state index contributed by atoms with van der Waals surface area (Å²) in [5.74, 6) is -0.414. The summed E-state index contributed by atoms with van der Waals surface area (Å²) in [5.41, 5.74) is 8.10. The summed E-state index contributed by atoms with van der Waals surface area (Å²) in [7, 11) is 0.